The summed E-state index contributed by atoms with van der Waals surface area (Å²) in [5.74, 6) is 1.27. The summed E-state index contributed by atoms with van der Waals surface area (Å²) in [5, 5.41) is 0.423. The molecule has 1 atom stereocenters. The van der Waals surface area contributed by atoms with Crippen molar-refractivity contribution in [2.24, 2.45) is 5.92 Å². The first kappa shape index (κ1) is 25.1. The number of amides is 1. The Bertz CT molecular complexity index is 1540. The number of ether oxygens (including phenoxy) is 2. The molecule has 1 unspecified atom stereocenters. The predicted molar refractivity (Wildman–Crippen MR) is 146 cm³/mol. The van der Waals surface area contributed by atoms with Crippen molar-refractivity contribution in [1.29, 1.82) is 0 Å². The van der Waals surface area contributed by atoms with Gasteiger partial charge in [-0.15, -0.1) is 0 Å². The molecule has 190 valence electrons. The SMILES string of the molecule is COc1cc(C2c3c(oc4ccc(Br)cc4c3=O)C(=O)N2Cc2ccc(C)cc2)ccc1OCC(C)C. The maximum Gasteiger partial charge on any atom is 0.291 e. The zero-order chi connectivity index (χ0) is 26.3. The Balaban J connectivity index is 1.67. The number of carbonyl (C=O) groups excluding carboxylic acids is 1. The quantitative estimate of drug-likeness (QED) is 0.252. The van der Waals surface area contributed by atoms with Crippen LogP contribution in [0.2, 0.25) is 0 Å². The molecule has 0 N–H and O–H groups in total. The molecule has 0 bridgehead atoms. The summed E-state index contributed by atoms with van der Waals surface area (Å²) < 4.78 is 18.4. The summed E-state index contributed by atoms with van der Waals surface area (Å²) in [7, 11) is 1.58. The molecule has 0 saturated heterocycles. The fraction of sp³-hybridized carbons (Fsp3) is 0.267. The molecule has 5 rings (SSSR count). The van der Waals surface area contributed by atoms with Crippen LogP contribution in [-0.4, -0.2) is 24.5 Å². The summed E-state index contributed by atoms with van der Waals surface area (Å²) >= 11 is 3.44. The first-order valence-corrected chi connectivity index (χ1v) is 13.0. The zero-order valence-corrected chi connectivity index (χ0v) is 22.8. The Kier molecular flexibility index (Phi) is 6.82. The van der Waals surface area contributed by atoms with Crippen LogP contribution in [0.15, 0.2) is 74.3 Å². The topological polar surface area (TPSA) is 69.0 Å². The molecule has 1 aliphatic heterocycles. The van der Waals surface area contributed by atoms with Gasteiger partial charge in [-0.2, -0.15) is 0 Å². The number of benzene rings is 3. The summed E-state index contributed by atoms with van der Waals surface area (Å²) in [6.45, 7) is 7.04. The van der Waals surface area contributed by atoms with E-state index < -0.39 is 6.04 Å². The van der Waals surface area contributed by atoms with Crippen molar-refractivity contribution in [3.05, 3.63) is 103 Å². The number of hydrogen-bond acceptors (Lipinski definition) is 5. The molecule has 0 spiro atoms. The van der Waals surface area contributed by atoms with E-state index in [9.17, 15) is 9.59 Å². The fourth-order valence-electron chi connectivity index (χ4n) is 4.62. The highest BCUT2D eigenvalue weighted by atomic mass is 79.9. The summed E-state index contributed by atoms with van der Waals surface area (Å²) in [6, 6.07) is 18.2. The molecular weight excluding hydrogens is 534 g/mol. The van der Waals surface area contributed by atoms with Gasteiger partial charge in [0.2, 0.25) is 5.76 Å². The van der Waals surface area contributed by atoms with Gasteiger partial charge in [-0.1, -0.05) is 65.7 Å². The number of rotatable bonds is 7. The number of fused-ring (bicyclic) bond motifs is 2. The minimum Gasteiger partial charge on any atom is -0.493 e. The molecule has 1 aromatic heterocycles. The van der Waals surface area contributed by atoms with Gasteiger partial charge >= 0.3 is 0 Å². The Labute approximate surface area is 223 Å². The molecule has 0 saturated carbocycles. The van der Waals surface area contributed by atoms with Gasteiger partial charge in [0.05, 0.1) is 30.7 Å². The zero-order valence-electron chi connectivity index (χ0n) is 21.2. The second-order valence-electron chi connectivity index (χ2n) is 9.75. The van der Waals surface area contributed by atoms with Crippen LogP contribution >= 0.6 is 15.9 Å². The Morgan fingerprint density at radius 2 is 1.76 bits per heavy atom. The van der Waals surface area contributed by atoms with Crippen molar-refractivity contribution in [3.63, 3.8) is 0 Å². The highest BCUT2D eigenvalue weighted by Gasteiger charge is 2.43. The summed E-state index contributed by atoms with van der Waals surface area (Å²) in [6.07, 6.45) is 0. The third-order valence-electron chi connectivity index (χ3n) is 6.48. The second kappa shape index (κ2) is 10.1. The summed E-state index contributed by atoms with van der Waals surface area (Å²) in [4.78, 5) is 29.3. The van der Waals surface area contributed by atoms with Crippen LogP contribution < -0.4 is 14.9 Å². The molecule has 3 aromatic carbocycles. The highest BCUT2D eigenvalue weighted by molar-refractivity contribution is 9.10. The van der Waals surface area contributed by atoms with E-state index in [0.29, 0.717) is 47.1 Å². The van der Waals surface area contributed by atoms with Gasteiger partial charge in [-0.3, -0.25) is 9.59 Å². The van der Waals surface area contributed by atoms with E-state index in [4.69, 9.17) is 13.9 Å². The van der Waals surface area contributed by atoms with Crippen LogP contribution in [0.4, 0.5) is 0 Å². The minimum atomic E-state index is -0.642. The third-order valence-corrected chi connectivity index (χ3v) is 6.97. The van der Waals surface area contributed by atoms with Gasteiger partial charge in [0, 0.05) is 11.0 Å². The first-order valence-electron chi connectivity index (χ1n) is 12.2. The van der Waals surface area contributed by atoms with Crippen molar-refractivity contribution >= 4 is 32.8 Å². The summed E-state index contributed by atoms with van der Waals surface area (Å²) in [5.41, 5.74) is 3.33. The number of methoxy groups -OCH3 is 1. The van der Waals surface area contributed by atoms with Crippen molar-refractivity contribution in [2.45, 2.75) is 33.4 Å². The smallest absolute Gasteiger partial charge is 0.291 e. The molecule has 6 nitrogen and oxygen atoms in total. The van der Waals surface area contributed by atoms with Gasteiger partial charge in [0.1, 0.15) is 5.58 Å². The first-order chi connectivity index (χ1) is 17.8. The van der Waals surface area contributed by atoms with Gasteiger partial charge < -0.3 is 18.8 Å². The van der Waals surface area contributed by atoms with E-state index in [2.05, 4.69) is 29.8 Å². The number of aryl methyl sites for hydroxylation is 1. The average Bonchev–Trinajstić information content (AvgIpc) is 3.16. The lowest BCUT2D eigenvalue weighted by Gasteiger charge is -2.26. The van der Waals surface area contributed by atoms with Crippen LogP contribution in [0, 0.1) is 12.8 Å². The van der Waals surface area contributed by atoms with Gasteiger partial charge in [-0.05, 0) is 54.3 Å². The minimum absolute atomic E-state index is 0.0797. The monoisotopic (exact) mass is 561 g/mol. The molecule has 0 aliphatic carbocycles. The fourth-order valence-corrected chi connectivity index (χ4v) is 4.98. The molecule has 1 amide bonds. The van der Waals surface area contributed by atoms with Crippen molar-refractivity contribution in [1.82, 2.24) is 4.90 Å². The molecule has 0 radical (unpaired) electrons. The van der Waals surface area contributed by atoms with Crippen molar-refractivity contribution in [2.75, 3.05) is 13.7 Å². The van der Waals surface area contributed by atoms with Crippen LogP contribution in [0.25, 0.3) is 11.0 Å². The van der Waals surface area contributed by atoms with E-state index >= 15 is 0 Å². The molecule has 1 aliphatic rings. The maximum absolute atomic E-state index is 13.8. The number of carbonyl (C=O) groups is 1. The number of nitrogens with zero attached hydrogens (tertiary/aromatic N) is 1. The normalized spacial score (nSPS) is 14.9. The second-order valence-corrected chi connectivity index (χ2v) is 10.7. The van der Waals surface area contributed by atoms with E-state index in [1.54, 1.807) is 30.2 Å². The molecular formula is C30H28BrNO5. The standard InChI is InChI=1S/C30H28BrNO5/c1-17(2)16-36-24-11-9-20(13-25(24)35-4)27-26-28(33)22-14-21(31)10-12-23(22)37-29(26)30(34)32(27)15-19-7-5-18(3)6-8-19/h5-14,17,27H,15-16H2,1-4H3. The lowest BCUT2D eigenvalue weighted by Crippen LogP contribution is -2.29. The Morgan fingerprint density at radius 3 is 2.46 bits per heavy atom. The predicted octanol–water partition coefficient (Wildman–Crippen LogP) is 6.65. The molecule has 0 fully saturated rings. The molecule has 37 heavy (non-hydrogen) atoms. The van der Waals surface area contributed by atoms with Crippen molar-refractivity contribution in [3.8, 4) is 11.5 Å². The highest BCUT2D eigenvalue weighted by Crippen LogP contribution is 2.42. The van der Waals surface area contributed by atoms with Gasteiger partial charge in [0.25, 0.3) is 5.91 Å². The average molecular weight is 562 g/mol. The van der Waals surface area contributed by atoms with Crippen LogP contribution in [-0.2, 0) is 6.54 Å². The largest absolute Gasteiger partial charge is 0.493 e. The van der Waals surface area contributed by atoms with E-state index in [1.165, 1.54) is 0 Å². The third kappa shape index (κ3) is 4.76. The molecule has 7 heteroatoms. The maximum atomic E-state index is 13.8. The number of halogens is 1. The van der Waals surface area contributed by atoms with E-state index in [1.807, 2.05) is 49.4 Å². The van der Waals surface area contributed by atoms with Crippen LogP contribution in [0.3, 0.4) is 0 Å². The Hall–Kier alpha value is -3.58. The number of hydrogen-bond donors (Lipinski definition) is 0. The lowest BCUT2D eigenvalue weighted by atomic mass is 9.97. The van der Waals surface area contributed by atoms with E-state index in [0.717, 1.165) is 21.2 Å². The molecule has 4 aromatic rings. The lowest BCUT2D eigenvalue weighted by molar-refractivity contribution is 0.0714. The van der Waals surface area contributed by atoms with Crippen molar-refractivity contribution < 1.29 is 18.7 Å². The van der Waals surface area contributed by atoms with Crippen LogP contribution in [0.1, 0.15) is 52.7 Å². The molecule has 2 heterocycles. The van der Waals surface area contributed by atoms with Gasteiger partial charge in [0.15, 0.2) is 16.9 Å². The van der Waals surface area contributed by atoms with Crippen LogP contribution in [0.5, 0.6) is 11.5 Å². The van der Waals surface area contributed by atoms with E-state index in [-0.39, 0.29) is 17.1 Å². The Morgan fingerprint density at radius 1 is 1.00 bits per heavy atom. The van der Waals surface area contributed by atoms with Gasteiger partial charge in [-0.25, -0.2) is 0 Å².